The molecule has 0 fully saturated rings. The number of alkyl halides is 1. The van der Waals surface area contributed by atoms with Gasteiger partial charge in [0.15, 0.2) is 5.58 Å². The molecule has 0 saturated carbocycles. The smallest absolute Gasteiger partial charge is 0.336 e. The van der Waals surface area contributed by atoms with Crippen molar-refractivity contribution in [3.63, 3.8) is 0 Å². The molecule has 2 aliphatic rings. The van der Waals surface area contributed by atoms with E-state index >= 15 is 4.39 Å². The zero-order valence-corrected chi connectivity index (χ0v) is 16.4. The molecule has 2 aliphatic heterocycles. The monoisotopic (exact) mass is 372 g/mol. The first-order valence-corrected chi connectivity index (χ1v) is 9.59. The third kappa shape index (κ3) is 2.75. The molecule has 1 aromatic heterocycles. The number of fused-ring (bicyclic) bond motifs is 6. The van der Waals surface area contributed by atoms with Gasteiger partial charge in [0.25, 0.3) is 0 Å². The summed E-state index contributed by atoms with van der Waals surface area (Å²) in [6.07, 6.45) is 3.85. The quantitative estimate of drug-likeness (QED) is 0.666. The third-order valence-corrected chi connectivity index (χ3v) is 5.57. The first-order valence-electron chi connectivity index (χ1n) is 9.59. The van der Waals surface area contributed by atoms with Gasteiger partial charge in [-0.05, 0) is 44.9 Å². The fraction of sp³-hybridized carbons (Fsp3) is 0.500. The summed E-state index contributed by atoms with van der Waals surface area (Å²) < 4.78 is 33.3. The average Bonchev–Trinajstić information content (AvgIpc) is 2.58. The largest absolute Gasteiger partial charge is 0.489 e. The Labute approximate surface area is 158 Å². The maximum atomic E-state index is 15.4. The van der Waals surface area contributed by atoms with E-state index in [1.54, 1.807) is 0 Å². The number of rotatable bonds is 2. The van der Waals surface area contributed by atoms with E-state index in [4.69, 9.17) is 13.9 Å². The first-order chi connectivity index (χ1) is 12.7. The van der Waals surface area contributed by atoms with Gasteiger partial charge in [-0.3, -0.25) is 0 Å². The van der Waals surface area contributed by atoms with Crippen molar-refractivity contribution in [1.29, 1.82) is 0 Å². The van der Waals surface area contributed by atoms with Crippen LogP contribution >= 0.6 is 0 Å². The maximum Gasteiger partial charge on any atom is 0.336 e. The highest BCUT2D eigenvalue weighted by Gasteiger charge is 2.40. The van der Waals surface area contributed by atoms with Crippen molar-refractivity contribution in [1.82, 2.24) is 0 Å². The van der Waals surface area contributed by atoms with E-state index in [1.165, 1.54) is 6.07 Å². The zero-order valence-electron chi connectivity index (χ0n) is 16.4. The van der Waals surface area contributed by atoms with Crippen LogP contribution < -0.4 is 15.1 Å². The zero-order chi connectivity index (χ0) is 19.5. The van der Waals surface area contributed by atoms with Gasteiger partial charge in [0.05, 0.1) is 16.5 Å². The molecule has 4 nitrogen and oxygen atoms in total. The van der Waals surface area contributed by atoms with Crippen LogP contribution in [-0.2, 0) is 6.42 Å². The molecule has 0 N–H and O–H groups in total. The molecule has 3 heterocycles. The second-order valence-electron chi connectivity index (χ2n) is 8.15. The molecule has 0 amide bonds. The van der Waals surface area contributed by atoms with Crippen LogP contribution in [0.2, 0.25) is 0 Å². The molecule has 1 aromatic carbocycles. The molecular formula is C22H25FO4. The van der Waals surface area contributed by atoms with Gasteiger partial charge in [-0.25, -0.2) is 9.18 Å². The van der Waals surface area contributed by atoms with Gasteiger partial charge >= 0.3 is 5.63 Å². The molecule has 0 spiro atoms. The van der Waals surface area contributed by atoms with Crippen molar-refractivity contribution in [3.8, 4) is 11.5 Å². The Balaban J connectivity index is 2.17. The maximum absolute atomic E-state index is 15.4. The molecule has 27 heavy (non-hydrogen) atoms. The van der Waals surface area contributed by atoms with E-state index in [2.05, 4.69) is 0 Å². The summed E-state index contributed by atoms with van der Waals surface area (Å²) in [6, 6.07) is 1.50. The first kappa shape index (κ1) is 18.1. The molecule has 0 unspecified atom stereocenters. The molecular weight excluding hydrogens is 347 g/mol. The molecule has 0 bridgehead atoms. The van der Waals surface area contributed by atoms with Crippen LogP contribution in [0.3, 0.4) is 0 Å². The molecule has 144 valence electrons. The number of hydrogen-bond acceptors (Lipinski definition) is 4. The lowest BCUT2D eigenvalue weighted by atomic mass is 9.85. The highest BCUT2D eigenvalue weighted by atomic mass is 19.1. The van der Waals surface area contributed by atoms with E-state index in [-0.39, 0.29) is 17.6 Å². The van der Waals surface area contributed by atoms with Crippen molar-refractivity contribution in [2.45, 2.75) is 65.3 Å². The predicted molar refractivity (Wildman–Crippen MR) is 103 cm³/mol. The Bertz CT molecular complexity index is 1000. The van der Waals surface area contributed by atoms with E-state index in [9.17, 15) is 4.79 Å². The normalized spacial score (nSPS) is 25.5. The van der Waals surface area contributed by atoms with E-state index in [1.807, 2.05) is 46.8 Å². The van der Waals surface area contributed by atoms with Crippen molar-refractivity contribution >= 4 is 17.0 Å². The fourth-order valence-corrected chi connectivity index (χ4v) is 3.94. The Morgan fingerprint density at radius 2 is 1.96 bits per heavy atom. The van der Waals surface area contributed by atoms with Crippen molar-refractivity contribution in [2.75, 3.05) is 0 Å². The predicted octanol–water partition coefficient (Wildman–Crippen LogP) is 5.36. The van der Waals surface area contributed by atoms with Crippen LogP contribution in [0.25, 0.3) is 17.0 Å². The summed E-state index contributed by atoms with van der Waals surface area (Å²) in [5, 5.41) is 0.690. The van der Waals surface area contributed by atoms with Crippen LogP contribution in [-0.4, -0.2) is 11.7 Å². The summed E-state index contributed by atoms with van der Waals surface area (Å²) in [6.45, 7) is 9.63. The summed E-state index contributed by atoms with van der Waals surface area (Å²) >= 11 is 0. The Morgan fingerprint density at radius 3 is 2.67 bits per heavy atom. The highest BCUT2D eigenvalue weighted by Crippen LogP contribution is 2.53. The van der Waals surface area contributed by atoms with Gasteiger partial charge in [-0.1, -0.05) is 20.3 Å². The summed E-state index contributed by atoms with van der Waals surface area (Å²) in [4.78, 5) is 12.2. The van der Waals surface area contributed by atoms with Gasteiger partial charge in [0.2, 0.25) is 0 Å². The van der Waals surface area contributed by atoms with Crippen LogP contribution in [0.4, 0.5) is 4.39 Å². The van der Waals surface area contributed by atoms with Gasteiger partial charge in [0, 0.05) is 12.0 Å². The summed E-state index contributed by atoms with van der Waals surface area (Å²) in [7, 11) is 0. The number of hydrogen-bond donors (Lipinski definition) is 0. The number of benzene rings is 1. The van der Waals surface area contributed by atoms with Crippen LogP contribution in [0, 0.1) is 5.92 Å². The molecule has 0 saturated heterocycles. The number of ether oxygens (including phenoxy) is 2. The number of aryl methyl sites for hydroxylation is 1. The minimum absolute atomic E-state index is 0.261. The van der Waals surface area contributed by atoms with Crippen molar-refractivity contribution in [2.24, 2.45) is 5.92 Å². The number of halogens is 1. The third-order valence-electron chi connectivity index (χ3n) is 5.57. The van der Waals surface area contributed by atoms with Crippen LogP contribution in [0.15, 0.2) is 21.4 Å². The second kappa shape index (κ2) is 6.11. The van der Waals surface area contributed by atoms with Crippen molar-refractivity contribution in [3.05, 3.63) is 39.3 Å². The van der Waals surface area contributed by atoms with Gasteiger partial charge < -0.3 is 13.9 Å². The molecule has 3 atom stereocenters. The lowest BCUT2D eigenvalue weighted by Gasteiger charge is -2.36. The van der Waals surface area contributed by atoms with Gasteiger partial charge in [0.1, 0.15) is 29.4 Å². The van der Waals surface area contributed by atoms with E-state index in [0.29, 0.717) is 28.9 Å². The molecule has 4 rings (SSSR count). The Morgan fingerprint density at radius 1 is 1.22 bits per heavy atom. The van der Waals surface area contributed by atoms with Crippen LogP contribution in [0.1, 0.15) is 63.9 Å². The van der Waals surface area contributed by atoms with Gasteiger partial charge in [-0.15, -0.1) is 0 Å². The molecule has 0 radical (unpaired) electrons. The molecule has 5 heteroatoms. The van der Waals surface area contributed by atoms with Crippen molar-refractivity contribution < 1.29 is 18.3 Å². The van der Waals surface area contributed by atoms with E-state index in [0.717, 1.165) is 17.5 Å². The minimum Gasteiger partial charge on any atom is -0.489 e. The second-order valence-corrected chi connectivity index (χ2v) is 8.15. The molecule has 0 aliphatic carbocycles. The average molecular weight is 372 g/mol. The van der Waals surface area contributed by atoms with Crippen LogP contribution in [0.5, 0.6) is 11.5 Å². The topological polar surface area (TPSA) is 48.7 Å². The highest BCUT2D eigenvalue weighted by molar-refractivity contribution is 5.97. The Kier molecular flexibility index (Phi) is 4.09. The summed E-state index contributed by atoms with van der Waals surface area (Å²) in [5.74, 6) is 0.695. The Hall–Kier alpha value is -2.30. The van der Waals surface area contributed by atoms with Gasteiger partial charge in [-0.2, -0.15) is 0 Å². The standard InChI is InChI=1S/C22H25FO4/c1-6-7-13-10-15(24)26-21-16(13)20-14(8-9-22(4,5)27-20)19-17(21)18(23)11(2)12(3)25-19/h8-12,18H,6-7H2,1-5H3/t11-,12-,18-/m0/s1. The summed E-state index contributed by atoms with van der Waals surface area (Å²) in [5.41, 5.74) is 1.15. The molecule has 2 aromatic rings. The SMILES string of the molecule is CCCc1cc(=O)oc2c3c(c4c(c12)OC(C)(C)C=C4)O[C@@H](C)[C@H](C)[C@@H]3F. The lowest BCUT2D eigenvalue weighted by Crippen LogP contribution is -2.33. The van der Waals surface area contributed by atoms with E-state index < -0.39 is 17.4 Å². The fourth-order valence-electron chi connectivity index (χ4n) is 3.94. The lowest BCUT2D eigenvalue weighted by molar-refractivity contribution is 0.0676. The minimum atomic E-state index is -1.28.